The molecule has 0 atom stereocenters. The molecule has 0 aliphatic heterocycles. The van der Waals surface area contributed by atoms with Gasteiger partial charge < -0.3 is 10.2 Å². The van der Waals surface area contributed by atoms with Gasteiger partial charge in [0, 0.05) is 6.20 Å². The Morgan fingerprint density at radius 1 is 1.50 bits per heavy atom. The number of hydrogen-bond donors (Lipinski definition) is 3. The SMILES string of the molecule is Cl.NN(CC(=O)O)C(=O)c1ncccc1O. The molecule has 1 aromatic rings. The van der Waals surface area contributed by atoms with Crippen molar-refractivity contribution in [1.82, 2.24) is 9.99 Å². The second kappa shape index (κ2) is 5.89. The fourth-order valence-corrected chi connectivity index (χ4v) is 0.915. The summed E-state index contributed by atoms with van der Waals surface area (Å²) in [5, 5.41) is 18.1. The lowest BCUT2D eigenvalue weighted by Crippen LogP contribution is -2.41. The normalized spacial score (nSPS) is 9.06. The number of amides is 1. The van der Waals surface area contributed by atoms with E-state index in [9.17, 15) is 14.7 Å². The smallest absolute Gasteiger partial charge is 0.324 e. The van der Waals surface area contributed by atoms with Gasteiger partial charge >= 0.3 is 5.97 Å². The molecule has 16 heavy (non-hydrogen) atoms. The van der Waals surface area contributed by atoms with Gasteiger partial charge in [0.1, 0.15) is 12.3 Å². The number of carboxylic acids is 1. The van der Waals surface area contributed by atoms with Crippen LogP contribution in [0.2, 0.25) is 0 Å². The van der Waals surface area contributed by atoms with E-state index in [4.69, 9.17) is 10.9 Å². The lowest BCUT2D eigenvalue weighted by molar-refractivity contribution is -0.137. The maximum Gasteiger partial charge on any atom is 0.324 e. The predicted octanol–water partition coefficient (Wildman–Crippen LogP) is -0.391. The Labute approximate surface area is 96.9 Å². The van der Waals surface area contributed by atoms with Crippen LogP contribution >= 0.6 is 12.4 Å². The number of hydrazine groups is 1. The topological polar surface area (TPSA) is 117 Å². The fraction of sp³-hybridized carbons (Fsp3) is 0.125. The van der Waals surface area contributed by atoms with Gasteiger partial charge in [-0.2, -0.15) is 0 Å². The van der Waals surface area contributed by atoms with Crippen LogP contribution in [0.1, 0.15) is 10.5 Å². The first-order chi connectivity index (χ1) is 7.02. The number of carboxylic acid groups (broad SMARTS) is 1. The predicted molar refractivity (Wildman–Crippen MR) is 56.0 cm³/mol. The van der Waals surface area contributed by atoms with Gasteiger partial charge in [-0.25, -0.2) is 10.8 Å². The Balaban J connectivity index is 0.00000225. The summed E-state index contributed by atoms with van der Waals surface area (Å²) in [5.74, 6) is 2.73. The molecule has 1 aromatic heterocycles. The highest BCUT2D eigenvalue weighted by molar-refractivity contribution is 5.95. The van der Waals surface area contributed by atoms with Crippen molar-refractivity contribution in [1.29, 1.82) is 0 Å². The van der Waals surface area contributed by atoms with Crippen LogP contribution < -0.4 is 5.84 Å². The summed E-state index contributed by atoms with van der Waals surface area (Å²) in [6.45, 7) is -0.658. The highest BCUT2D eigenvalue weighted by Gasteiger charge is 2.19. The van der Waals surface area contributed by atoms with Gasteiger partial charge in [0.05, 0.1) is 0 Å². The number of aromatic nitrogens is 1. The van der Waals surface area contributed by atoms with Crippen LogP contribution in [0.15, 0.2) is 18.3 Å². The second-order valence-corrected chi connectivity index (χ2v) is 2.70. The summed E-state index contributed by atoms with van der Waals surface area (Å²) in [4.78, 5) is 25.3. The molecule has 0 fully saturated rings. The molecule has 0 bridgehead atoms. The minimum Gasteiger partial charge on any atom is -0.505 e. The molecular formula is C8H10ClN3O4. The summed E-state index contributed by atoms with van der Waals surface area (Å²) in [7, 11) is 0. The first-order valence-corrected chi connectivity index (χ1v) is 3.94. The molecule has 7 nitrogen and oxygen atoms in total. The molecule has 0 aliphatic carbocycles. The van der Waals surface area contributed by atoms with Crippen LogP contribution in [0.5, 0.6) is 5.75 Å². The molecule has 1 amide bonds. The average molecular weight is 248 g/mol. The number of nitrogens with two attached hydrogens (primary N) is 1. The Hall–Kier alpha value is -1.86. The van der Waals surface area contributed by atoms with Crippen molar-refractivity contribution in [3.05, 3.63) is 24.0 Å². The molecule has 88 valence electrons. The maximum absolute atomic E-state index is 11.4. The lowest BCUT2D eigenvalue weighted by Gasteiger charge is -2.13. The zero-order valence-corrected chi connectivity index (χ0v) is 8.85. The Bertz CT molecular complexity index is 399. The van der Waals surface area contributed by atoms with Gasteiger partial charge in [0.15, 0.2) is 5.69 Å². The van der Waals surface area contributed by atoms with E-state index >= 15 is 0 Å². The van der Waals surface area contributed by atoms with Crippen molar-refractivity contribution in [2.75, 3.05) is 6.54 Å². The van der Waals surface area contributed by atoms with Crippen LogP contribution in [0.3, 0.4) is 0 Å². The van der Waals surface area contributed by atoms with Gasteiger partial charge in [0.25, 0.3) is 5.91 Å². The number of pyridine rings is 1. The monoisotopic (exact) mass is 247 g/mol. The molecular weight excluding hydrogens is 238 g/mol. The molecule has 1 rings (SSSR count). The van der Waals surface area contributed by atoms with E-state index in [0.29, 0.717) is 5.01 Å². The van der Waals surface area contributed by atoms with E-state index in [0.717, 1.165) is 0 Å². The van der Waals surface area contributed by atoms with Crippen LogP contribution in [-0.2, 0) is 4.79 Å². The van der Waals surface area contributed by atoms with Gasteiger partial charge in [-0.15, -0.1) is 12.4 Å². The molecule has 1 heterocycles. The maximum atomic E-state index is 11.4. The Kier molecular flexibility index (Phi) is 5.20. The molecule has 0 spiro atoms. The van der Waals surface area contributed by atoms with Crippen molar-refractivity contribution >= 4 is 24.3 Å². The molecule has 0 saturated carbocycles. The largest absolute Gasteiger partial charge is 0.505 e. The van der Waals surface area contributed by atoms with E-state index in [1.165, 1.54) is 18.3 Å². The first kappa shape index (κ1) is 14.1. The standard InChI is InChI=1S/C8H9N3O4.ClH/c9-11(4-6(13)14)8(15)7-5(12)2-1-3-10-7;/h1-3,12H,4,9H2,(H,13,14);1H. The van der Waals surface area contributed by atoms with Crippen molar-refractivity contribution in [3.8, 4) is 5.75 Å². The molecule has 0 aliphatic rings. The number of aliphatic carboxylic acids is 1. The number of carbonyl (C=O) groups excluding carboxylic acids is 1. The summed E-state index contributed by atoms with van der Waals surface area (Å²) >= 11 is 0. The summed E-state index contributed by atoms with van der Waals surface area (Å²) in [6.07, 6.45) is 1.29. The third-order valence-corrected chi connectivity index (χ3v) is 1.56. The van der Waals surface area contributed by atoms with Crippen LogP contribution in [0, 0.1) is 0 Å². The molecule has 0 unspecified atom stereocenters. The third-order valence-electron chi connectivity index (χ3n) is 1.56. The molecule has 0 saturated heterocycles. The van der Waals surface area contributed by atoms with E-state index in [1.54, 1.807) is 0 Å². The van der Waals surface area contributed by atoms with Gasteiger partial charge in [-0.1, -0.05) is 0 Å². The van der Waals surface area contributed by atoms with E-state index in [1.807, 2.05) is 0 Å². The van der Waals surface area contributed by atoms with Gasteiger partial charge in [-0.3, -0.25) is 14.6 Å². The van der Waals surface area contributed by atoms with Crippen molar-refractivity contribution < 1.29 is 19.8 Å². The Morgan fingerprint density at radius 3 is 2.62 bits per heavy atom. The number of nitrogens with zero attached hydrogens (tertiary/aromatic N) is 2. The third kappa shape index (κ3) is 3.37. The number of carbonyl (C=O) groups is 2. The lowest BCUT2D eigenvalue weighted by atomic mass is 10.3. The van der Waals surface area contributed by atoms with Crippen LogP contribution in [0.25, 0.3) is 0 Å². The van der Waals surface area contributed by atoms with Crippen molar-refractivity contribution in [2.24, 2.45) is 5.84 Å². The highest BCUT2D eigenvalue weighted by Crippen LogP contribution is 2.13. The number of aromatic hydroxyl groups is 1. The summed E-state index contributed by atoms with van der Waals surface area (Å²) < 4.78 is 0. The number of rotatable bonds is 3. The average Bonchev–Trinajstić information content (AvgIpc) is 2.16. The van der Waals surface area contributed by atoms with Gasteiger partial charge in [-0.05, 0) is 12.1 Å². The van der Waals surface area contributed by atoms with Crippen LogP contribution in [-0.4, -0.2) is 38.6 Å². The minimum absolute atomic E-state index is 0. The minimum atomic E-state index is -1.25. The van der Waals surface area contributed by atoms with E-state index < -0.39 is 18.4 Å². The summed E-state index contributed by atoms with van der Waals surface area (Å²) in [5.41, 5.74) is -0.277. The van der Waals surface area contributed by atoms with Gasteiger partial charge in [0.2, 0.25) is 0 Å². The fourth-order valence-electron chi connectivity index (χ4n) is 0.915. The number of hydrogen-bond acceptors (Lipinski definition) is 5. The molecule has 4 N–H and O–H groups in total. The van der Waals surface area contributed by atoms with Crippen molar-refractivity contribution in [3.63, 3.8) is 0 Å². The van der Waals surface area contributed by atoms with Crippen LogP contribution in [0.4, 0.5) is 0 Å². The first-order valence-electron chi connectivity index (χ1n) is 3.94. The number of halogens is 1. The second-order valence-electron chi connectivity index (χ2n) is 2.70. The van der Waals surface area contributed by atoms with E-state index in [-0.39, 0.29) is 23.9 Å². The van der Waals surface area contributed by atoms with Crippen molar-refractivity contribution in [2.45, 2.75) is 0 Å². The molecule has 0 aromatic carbocycles. The van der Waals surface area contributed by atoms with E-state index in [2.05, 4.69) is 4.98 Å². The Morgan fingerprint density at radius 2 is 2.12 bits per heavy atom. The summed E-state index contributed by atoms with van der Waals surface area (Å²) in [6, 6.07) is 2.69. The molecule has 0 radical (unpaired) electrons. The zero-order valence-electron chi connectivity index (χ0n) is 8.03. The molecule has 8 heteroatoms. The highest BCUT2D eigenvalue weighted by atomic mass is 35.5. The quantitative estimate of drug-likeness (QED) is 0.380. The zero-order chi connectivity index (χ0) is 11.4.